The molecule has 0 radical (unpaired) electrons. The number of halogens is 1. The number of piperidine rings is 2. The maximum Gasteiger partial charge on any atom is 0.303 e. The fourth-order valence-electron chi connectivity index (χ4n) is 4.92. The van der Waals surface area contributed by atoms with Crippen molar-refractivity contribution < 1.29 is 19.5 Å². The Morgan fingerprint density at radius 3 is 2.10 bits per heavy atom. The molecule has 0 aromatic heterocycles. The molecule has 1 aliphatic carbocycles. The number of nitrogens with one attached hydrogen (secondary N) is 2. The van der Waals surface area contributed by atoms with E-state index in [1.54, 1.807) is 0 Å². The lowest BCUT2D eigenvalue weighted by Gasteiger charge is -2.36. The lowest BCUT2D eigenvalue weighted by molar-refractivity contribution is -0.140. The molecule has 0 unspecified atom stereocenters. The molecule has 8 heteroatoms. The van der Waals surface area contributed by atoms with Crippen LogP contribution in [-0.4, -0.2) is 60.0 Å². The number of carbonyl (C=O) groups is 3. The molecule has 0 aromatic rings. The number of carboxylic acids is 1. The summed E-state index contributed by atoms with van der Waals surface area (Å²) in [4.78, 5) is 37.9. The molecule has 29 heavy (non-hydrogen) atoms. The number of carbonyl (C=O) groups excluding carboxylic acids is 2. The van der Waals surface area contributed by atoms with Gasteiger partial charge >= 0.3 is 5.97 Å². The summed E-state index contributed by atoms with van der Waals surface area (Å²) in [6.07, 6.45) is 8.12. The highest BCUT2D eigenvalue weighted by Gasteiger charge is 2.32. The monoisotopic (exact) mass is 429 g/mol. The van der Waals surface area contributed by atoms with Crippen molar-refractivity contribution in [3.63, 3.8) is 0 Å². The molecule has 7 nitrogen and oxygen atoms in total. The molecule has 2 heterocycles. The van der Waals surface area contributed by atoms with Gasteiger partial charge < -0.3 is 20.6 Å². The maximum absolute atomic E-state index is 12.8. The minimum absolute atomic E-state index is 0. The molecule has 0 atom stereocenters. The highest BCUT2D eigenvalue weighted by atomic mass is 35.5. The van der Waals surface area contributed by atoms with Gasteiger partial charge in [0.25, 0.3) is 0 Å². The second-order valence-electron chi connectivity index (χ2n) is 8.78. The van der Waals surface area contributed by atoms with E-state index < -0.39 is 5.97 Å². The smallest absolute Gasteiger partial charge is 0.303 e. The second kappa shape index (κ2) is 11.7. The fourth-order valence-corrected chi connectivity index (χ4v) is 4.92. The Bertz CT molecular complexity index is 552. The largest absolute Gasteiger partial charge is 0.481 e. The van der Waals surface area contributed by atoms with Gasteiger partial charge in [-0.1, -0.05) is 0 Å². The Hall–Kier alpha value is -1.34. The minimum Gasteiger partial charge on any atom is -0.481 e. The summed E-state index contributed by atoms with van der Waals surface area (Å²) in [7, 11) is 0. The van der Waals surface area contributed by atoms with Gasteiger partial charge in [-0.3, -0.25) is 14.4 Å². The third-order valence-corrected chi connectivity index (χ3v) is 6.83. The number of aliphatic carboxylic acids is 1. The summed E-state index contributed by atoms with van der Waals surface area (Å²) in [5.41, 5.74) is 0. The van der Waals surface area contributed by atoms with Gasteiger partial charge in [0.15, 0.2) is 0 Å². The van der Waals surface area contributed by atoms with E-state index in [1.807, 2.05) is 4.90 Å². The van der Waals surface area contributed by atoms with Crippen LogP contribution in [-0.2, 0) is 14.4 Å². The molecular weight excluding hydrogens is 394 g/mol. The van der Waals surface area contributed by atoms with Crippen molar-refractivity contribution in [1.82, 2.24) is 15.5 Å². The van der Waals surface area contributed by atoms with E-state index in [0.29, 0.717) is 5.92 Å². The highest BCUT2D eigenvalue weighted by Crippen LogP contribution is 2.29. The first kappa shape index (κ1) is 23.9. The molecule has 2 amide bonds. The first-order valence-electron chi connectivity index (χ1n) is 11.0. The molecule has 0 aromatic carbocycles. The SMILES string of the molecule is Cl.O=C(O)CCC1CCN(C(=O)[C@H]2CC[C@H](NC(=O)C3CCNCC3)CC2)CC1. The average Bonchev–Trinajstić information content (AvgIpc) is 2.73. The molecule has 166 valence electrons. The molecule has 3 rings (SSSR count). The summed E-state index contributed by atoms with van der Waals surface area (Å²) >= 11 is 0. The van der Waals surface area contributed by atoms with Crippen molar-refractivity contribution in [3.8, 4) is 0 Å². The van der Waals surface area contributed by atoms with Crippen LogP contribution in [0.4, 0.5) is 0 Å². The number of hydrogen-bond donors (Lipinski definition) is 3. The zero-order valence-electron chi connectivity index (χ0n) is 17.2. The second-order valence-corrected chi connectivity index (χ2v) is 8.78. The van der Waals surface area contributed by atoms with Crippen molar-refractivity contribution in [2.75, 3.05) is 26.2 Å². The van der Waals surface area contributed by atoms with Crippen LogP contribution in [0.1, 0.15) is 64.2 Å². The standard InChI is InChI=1S/C21H35N3O4.ClH/c25-19(26)6-1-15-9-13-24(14-10-15)21(28)17-2-4-18(5-3-17)23-20(27)16-7-11-22-12-8-16;/h15-18,22H,1-14H2,(H,23,27)(H,25,26);1H/t17-,18-;. The molecule has 0 bridgehead atoms. The molecule has 0 spiro atoms. The van der Waals surface area contributed by atoms with Gasteiger partial charge in [-0.05, 0) is 76.8 Å². The van der Waals surface area contributed by atoms with Crippen LogP contribution in [0, 0.1) is 17.8 Å². The molecule has 3 aliphatic rings. The first-order valence-corrected chi connectivity index (χ1v) is 11.0. The van der Waals surface area contributed by atoms with Crippen LogP contribution in [0.25, 0.3) is 0 Å². The zero-order chi connectivity index (χ0) is 19.9. The lowest BCUT2D eigenvalue weighted by Crippen LogP contribution is -2.46. The van der Waals surface area contributed by atoms with Crippen LogP contribution in [0.15, 0.2) is 0 Å². The Balaban J connectivity index is 0.00000300. The molecule has 3 N–H and O–H groups in total. The van der Waals surface area contributed by atoms with E-state index in [-0.39, 0.29) is 48.5 Å². The Morgan fingerprint density at radius 2 is 1.52 bits per heavy atom. The molecular formula is C21H36ClN3O4. The van der Waals surface area contributed by atoms with Crippen molar-refractivity contribution in [2.45, 2.75) is 70.3 Å². The van der Waals surface area contributed by atoms with E-state index in [1.165, 1.54) is 0 Å². The van der Waals surface area contributed by atoms with E-state index in [9.17, 15) is 14.4 Å². The Kier molecular flexibility index (Phi) is 9.69. The van der Waals surface area contributed by atoms with E-state index >= 15 is 0 Å². The van der Waals surface area contributed by atoms with Gasteiger partial charge in [-0.15, -0.1) is 12.4 Å². The van der Waals surface area contributed by atoms with Crippen LogP contribution in [0.2, 0.25) is 0 Å². The van der Waals surface area contributed by atoms with Crippen LogP contribution >= 0.6 is 12.4 Å². The molecule has 3 fully saturated rings. The summed E-state index contributed by atoms with van der Waals surface area (Å²) in [5.74, 6) is 0.383. The van der Waals surface area contributed by atoms with Crippen molar-refractivity contribution in [3.05, 3.63) is 0 Å². The van der Waals surface area contributed by atoms with E-state index in [4.69, 9.17) is 5.11 Å². The van der Waals surface area contributed by atoms with Gasteiger partial charge in [0.1, 0.15) is 0 Å². The summed E-state index contributed by atoms with van der Waals surface area (Å²) in [6.45, 7) is 3.36. The summed E-state index contributed by atoms with van der Waals surface area (Å²) < 4.78 is 0. The topological polar surface area (TPSA) is 98.7 Å². The van der Waals surface area contributed by atoms with Crippen molar-refractivity contribution in [1.29, 1.82) is 0 Å². The molecule has 1 saturated carbocycles. The first-order chi connectivity index (χ1) is 13.5. The van der Waals surface area contributed by atoms with Gasteiger partial charge in [0.05, 0.1) is 0 Å². The predicted molar refractivity (Wildman–Crippen MR) is 113 cm³/mol. The summed E-state index contributed by atoms with van der Waals surface area (Å²) in [6, 6.07) is 0.216. The summed E-state index contributed by atoms with van der Waals surface area (Å²) in [5, 5.41) is 15.3. The normalized spacial score (nSPS) is 26.4. The van der Waals surface area contributed by atoms with E-state index in [2.05, 4.69) is 10.6 Å². The quantitative estimate of drug-likeness (QED) is 0.601. The predicted octanol–water partition coefficient (Wildman–Crippen LogP) is 2.19. The number of rotatable bonds is 6. The number of likely N-dealkylation sites (tertiary alicyclic amines) is 1. The Labute approximate surface area is 179 Å². The number of amides is 2. The van der Waals surface area contributed by atoms with Crippen molar-refractivity contribution in [2.24, 2.45) is 17.8 Å². The molecule has 2 aliphatic heterocycles. The van der Waals surface area contributed by atoms with Crippen LogP contribution < -0.4 is 10.6 Å². The minimum atomic E-state index is -0.734. The van der Waals surface area contributed by atoms with E-state index in [0.717, 1.165) is 84.0 Å². The van der Waals surface area contributed by atoms with Crippen LogP contribution in [0.5, 0.6) is 0 Å². The van der Waals surface area contributed by atoms with Gasteiger partial charge in [-0.2, -0.15) is 0 Å². The van der Waals surface area contributed by atoms with Crippen LogP contribution in [0.3, 0.4) is 0 Å². The average molecular weight is 430 g/mol. The van der Waals surface area contributed by atoms with Gasteiger partial charge in [-0.25, -0.2) is 0 Å². The number of hydrogen-bond acceptors (Lipinski definition) is 4. The fraction of sp³-hybridized carbons (Fsp3) is 0.857. The molecule has 2 saturated heterocycles. The van der Waals surface area contributed by atoms with Gasteiger partial charge in [0, 0.05) is 37.4 Å². The zero-order valence-corrected chi connectivity index (χ0v) is 18.1. The third kappa shape index (κ3) is 7.14. The third-order valence-electron chi connectivity index (χ3n) is 6.83. The highest BCUT2D eigenvalue weighted by molar-refractivity contribution is 5.85. The number of nitrogens with zero attached hydrogens (tertiary/aromatic N) is 1. The Morgan fingerprint density at radius 1 is 0.897 bits per heavy atom. The maximum atomic E-state index is 12.8. The lowest BCUT2D eigenvalue weighted by atomic mass is 9.83. The van der Waals surface area contributed by atoms with Gasteiger partial charge in [0.2, 0.25) is 11.8 Å². The van der Waals surface area contributed by atoms with Crippen molar-refractivity contribution >= 4 is 30.2 Å². The number of carboxylic acid groups (broad SMARTS) is 1.